The summed E-state index contributed by atoms with van der Waals surface area (Å²) >= 11 is 0. The minimum Gasteiger partial charge on any atom is -0.462 e. The fourth-order valence-electron chi connectivity index (χ4n) is 2.34. The molecule has 2 aliphatic heterocycles. The van der Waals surface area contributed by atoms with Crippen LogP contribution in [0.25, 0.3) is 0 Å². The van der Waals surface area contributed by atoms with Crippen LogP contribution >= 0.6 is 0 Å². The summed E-state index contributed by atoms with van der Waals surface area (Å²) in [5, 5.41) is 0. The van der Waals surface area contributed by atoms with Crippen molar-refractivity contribution in [2.75, 3.05) is 0 Å². The zero-order chi connectivity index (χ0) is 8.89. The van der Waals surface area contributed by atoms with E-state index < -0.39 is 0 Å². The Morgan fingerprint density at radius 2 is 1.92 bits per heavy atom. The van der Waals surface area contributed by atoms with E-state index in [-0.39, 0.29) is 17.5 Å². The number of esters is 1. The van der Waals surface area contributed by atoms with Crippen molar-refractivity contribution < 1.29 is 9.53 Å². The molecule has 1 aliphatic carbocycles. The van der Waals surface area contributed by atoms with E-state index in [4.69, 9.17) is 4.74 Å². The van der Waals surface area contributed by atoms with Gasteiger partial charge < -0.3 is 4.74 Å². The molecule has 0 spiro atoms. The molecular formula is C11H10O2. The highest BCUT2D eigenvalue weighted by Gasteiger charge is 2.60. The number of fused-ring (bicyclic) bond motifs is 1. The van der Waals surface area contributed by atoms with Gasteiger partial charge in [0.1, 0.15) is 6.10 Å². The lowest BCUT2D eigenvalue weighted by Gasteiger charge is -2.31. The molecule has 0 radical (unpaired) electrons. The minimum atomic E-state index is -0.272. The zero-order valence-corrected chi connectivity index (χ0v) is 7.19. The Labute approximate surface area is 76.5 Å². The van der Waals surface area contributed by atoms with Crippen LogP contribution < -0.4 is 0 Å². The van der Waals surface area contributed by atoms with Gasteiger partial charge in [-0.1, -0.05) is 30.3 Å². The summed E-state index contributed by atoms with van der Waals surface area (Å²) in [5.41, 5.74) is 0.847. The predicted octanol–water partition coefficient (Wildman–Crippen LogP) is 1.64. The van der Waals surface area contributed by atoms with Crippen molar-refractivity contribution in [3.8, 4) is 0 Å². The predicted molar refractivity (Wildman–Crippen MR) is 47.2 cm³/mol. The molecule has 3 aliphatic rings. The first kappa shape index (κ1) is 7.13. The molecule has 2 bridgehead atoms. The van der Waals surface area contributed by atoms with Crippen LogP contribution in [0.15, 0.2) is 30.3 Å². The van der Waals surface area contributed by atoms with Gasteiger partial charge >= 0.3 is 5.97 Å². The number of ether oxygens (including phenoxy) is 1. The van der Waals surface area contributed by atoms with Crippen molar-refractivity contribution in [1.29, 1.82) is 0 Å². The molecule has 0 amide bonds. The maximum atomic E-state index is 11.5. The molecule has 3 fully saturated rings. The van der Waals surface area contributed by atoms with Crippen LogP contribution in [-0.2, 0) is 14.9 Å². The van der Waals surface area contributed by atoms with Crippen molar-refractivity contribution in [3.05, 3.63) is 35.9 Å². The second-order valence-electron chi connectivity index (χ2n) is 3.88. The van der Waals surface area contributed by atoms with E-state index in [9.17, 15) is 4.79 Å². The van der Waals surface area contributed by atoms with E-state index in [1.54, 1.807) is 0 Å². The van der Waals surface area contributed by atoms with E-state index in [1.165, 1.54) is 0 Å². The summed E-state index contributed by atoms with van der Waals surface area (Å²) < 4.78 is 5.15. The summed E-state index contributed by atoms with van der Waals surface area (Å²) in [6.07, 6.45) is 1.97. The van der Waals surface area contributed by atoms with Crippen molar-refractivity contribution in [2.45, 2.75) is 24.4 Å². The van der Waals surface area contributed by atoms with Crippen LogP contribution in [0, 0.1) is 0 Å². The summed E-state index contributed by atoms with van der Waals surface area (Å²) in [6.45, 7) is 0. The monoisotopic (exact) mass is 174 g/mol. The van der Waals surface area contributed by atoms with Crippen LogP contribution in [0.4, 0.5) is 0 Å². The Kier molecular flexibility index (Phi) is 1.17. The van der Waals surface area contributed by atoms with Gasteiger partial charge in [0.25, 0.3) is 0 Å². The first-order chi connectivity index (χ1) is 6.31. The maximum Gasteiger partial charge on any atom is 0.317 e. The Balaban J connectivity index is 2.07. The number of hydrogen-bond donors (Lipinski definition) is 0. The topological polar surface area (TPSA) is 26.3 Å². The van der Waals surface area contributed by atoms with Gasteiger partial charge in [-0.25, -0.2) is 0 Å². The number of rotatable bonds is 1. The molecule has 0 N–H and O–H groups in total. The first-order valence-corrected chi connectivity index (χ1v) is 4.58. The van der Waals surface area contributed by atoms with E-state index >= 15 is 0 Å². The lowest BCUT2D eigenvalue weighted by Crippen LogP contribution is -2.39. The molecule has 2 saturated heterocycles. The molecule has 1 aromatic rings. The first-order valence-electron chi connectivity index (χ1n) is 4.58. The van der Waals surface area contributed by atoms with Crippen LogP contribution in [0.1, 0.15) is 18.4 Å². The molecule has 2 nitrogen and oxygen atoms in total. The third kappa shape index (κ3) is 0.755. The third-order valence-corrected chi connectivity index (χ3v) is 3.14. The Bertz CT molecular complexity index is 350. The fraction of sp³-hybridized carbons (Fsp3) is 0.364. The van der Waals surface area contributed by atoms with Gasteiger partial charge in [0.15, 0.2) is 0 Å². The van der Waals surface area contributed by atoms with E-state index in [1.807, 2.05) is 30.3 Å². The summed E-state index contributed by atoms with van der Waals surface area (Å²) in [7, 11) is 0. The molecule has 13 heavy (non-hydrogen) atoms. The highest BCUT2D eigenvalue weighted by molar-refractivity contribution is 5.88. The van der Waals surface area contributed by atoms with Gasteiger partial charge in [-0.2, -0.15) is 0 Å². The maximum absolute atomic E-state index is 11.5. The zero-order valence-electron chi connectivity index (χ0n) is 7.19. The van der Waals surface area contributed by atoms with Crippen LogP contribution in [0.5, 0.6) is 0 Å². The van der Waals surface area contributed by atoms with Gasteiger partial charge in [-0.15, -0.1) is 0 Å². The lowest BCUT2D eigenvalue weighted by atomic mass is 9.65. The normalized spacial score (nSPS) is 35.4. The number of benzene rings is 1. The van der Waals surface area contributed by atoms with E-state index in [0.29, 0.717) is 0 Å². The van der Waals surface area contributed by atoms with E-state index in [0.717, 1.165) is 18.4 Å². The molecule has 2 heteroatoms. The van der Waals surface area contributed by atoms with E-state index in [2.05, 4.69) is 0 Å². The second kappa shape index (κ2) is 2.13. The quantitative estimate of drug-likeness (QED) is 0.605. The smallest absolute Gasteiger partial charge is 0.317 e. The Hall–Kier alpha value is -1.31. The van der Waals surface area contributed by atoms with Gasteiger partial charge in [0.05, 0.1) is 5.41 Å². The molecule has 1 saturated carbocycles. The summed E-state index contributed by atoms with van der Waals surface area (Å²) in [6, 6.07) is 9.95. The van der Waals surface area contributed by atoms with Crippen molar-refractivity contribution >= 4 is 5.97 Å². The SMILES string of the molecule is O=C1OC2CC1(c1ccccc1)C2. The number of carbonyl (C=O) groups excluding carboxylic acids is 1. The standard InChI is InChI=1S/C11H10O2/c12-10-11(6-9(7-11)13-10)8-4-2-1-3-5-8/h1-5,9H,6-7H2. The molecule has 1 aromatic carbocycles. The molecule has 66 valence electrons. The average molecular weight is 174 g/mol. The highest BCUT2D eigenvalue weighted by Crippen LogP contribution is 2.52. The largest absolute Gasteiger partial charge is 0.462 e. The summed E-state index contributed by atoms with van der Waals surface area (Å²) in [4.78, 5) is 11.5. The van der Waals surface area contributed by atoms with Gasteiger partial charge in [0.2, 0.25) is 0 Å². The Morgan fingerprint density at radius 1 is 1.23 bits per heavy atom. The fourth-order valence-corrected chi connectivity index (χ4v) is 2.34. The van der Waals surface area contributed by atoms with Crippen LogP contribution in [0.3, 0.4) is 0 Å². The van der Waals surface area contributed by atoms with Crippen LogP contribution in [0.2, 0.25) is 0 Å². The van der Waals surface area contributed by atoms with Gasteiger partial charge in [-0.3, -0.25) is 4.79 Å². The lowest BCUT2D eigenvalue weighted by molar-refractivity contribution is -0.139. The minimum absolute atomic E-state index is 0.0244. The highest BCUT2D eigenvalue weighted by atomic mass is 16.6. The average Bonchev–Trinajstić information content (AvgIpc) is 2.58. The summed E-state index contributed by atoms with van der Waals surface area (Å²) in [5.74, 6) is -0.0244. The number of hydrogen-bond acceptors (Lipinski definition) is 2. The second-order valence-corrected chi connectivity index (χ2v) is 3.88. The van der Waals surface area contributed by atoms with Crippen molar-refractivity contribution in [2.24, 2.45) is 0 Å². The van der Waals surface area contributed by atoms with Crippen molar-refractivity contribution in [3.63, 3.8) is 0 Å². The van der Waals surface area contributed by atoms with Gasteiger partial charge in [-0.05, 0) is 5.56 Å². The molecule has 4 rings (SSSR count). The number of carbonyl (C=O) groups is 1. The van der Waals surface area contributed by atoms with Gasteiger partial charge in [0, 0.05) is 12.8 Å². The third-order valence-electron chi connectivity index (χ3n) is 3.14. The van der Waals surface area contributed by atoms with Crippen LogP contribution in [-0.4, -0.2) is 12.1 Å². The molecule has 0 aromatic heterocycles. The Morgan fingerprint density at radius 3 is 2.46 bits per heavy atom. The molecule has 0 atom stereocenters. The molecule has 0 unspecified atom stereocenters. The molecular weight excluding hydrogens is 164 g/mol. The van der Waals surface area contributed by atoms with Crippen molar-refractivity contribution in [1.82, 2.24) is 0 Å². The molecule has 2 heterocycles.